The topological polar surface area (TPSA) is 50.4 Å². The fourth-order valence-electron chi connectivity index (χ4n) is 2.22. The largest absolute Gasteiger partial charge is 0.483 e. The van der Waals surface area contributed by atoms with Crippen LogP contribution < -0.4 is 15.6 Å². The number of benzene rings is 1. The molecule has 1 amide bonds. The summed E-state index contributed by atoms with van der Waals surface area (Å²) in [7, 11) is 0. The molecular weight excluding hydrogens is 400 g/mol. The van der Waals surface area contributed by atoms with Crippen LogP contribution in [0.4, 0.5) is 0 Å². The Kier molecular flexibility index (Phi) is 7.08. The zero-order valence-corrected chi connectivity index (χ0v) is 17.3. The van der Waals surface area contributed by atoms with Crippen molar-refractivity contribution in [2.75, 3.05) is 6.61 Å². The number of hydrazine groups is 1. The predicted octanol–water partition coefficient (Wildman–Crippen LogP) is 5.00. The van der Waals surface area contributed by atoms with Crippen LogP contribution in [0.3, 0.4) is 0 Å². The molecule has 0 radical (unpaired) electrons. The normalized spacial score (nSPS) is 11.5. The number of carbonyl (C=O) groups is 1. The van der Waals surface area contributed by atoms with E-state index in [1.54, 1.807) is 17.5 Å². The molecule has 1 heterocycles. The van der Waals surface area contributed by atoms with Crippen molar-refractivity contribution in [2.45, 2.75) is 33.6 Å². The zero-order chi connectivity index (χ0) is 18.4. The molecule has 0 fully saturated rings. The van der Waals surface area contributed by atoms with Gasteiger partial charge < -0.3 is 10.2 Å². The SMILES string of the molecule is C/C(=C/NNC(=O)COc1cc(C)c(Br)cc1C(C)C)c1cccs1. The van der Waals surface area contributed by atoms with Crippen molar-refractivity contribution in [1.29, 1.82) is 0 Å². The van der Waals surface area contributed by atoms with Gasteiger partial charge in [0.15, 0.2) is 6.61 Å². The highest BCUT2D eigenvalue weighted by Gasteiger charge is 2.12. The van der Waals surface area contributed by atoms with Gasteiger partial charge in [0.25, 0.3) is 5.91 Å². The van der Waals surface area contributed by atoms with Crippen LogP contribution in [0.1, 0.15) is 42.7 Å². The molecule has 0 aliphatic heterocycles. The number of rotatable bonds is 7. The minimum atomic E-state index is -0.231. The van der Waals surface area contributed by atoms with Gasteiger partial charge in [-0.15, -0.1) is 11.3 Å². The lowest BCUT2D eigenvalue weighted by Gasteiger charge is -2.16. The molecule has 0 bridgehead atoms. The Balaban J connectivity index is 1.90. The Hall–Kier alpha value is -1.79. The number of ether oxygens (including phenoxy) is 1. The Morgan fingerprint density at radius 2 is 2.16 bits per heavy atom. The number of thiophene rings is 1. The molecule has 6 heteroatoms. The maximum Gasteiger partial charge on any atom is 0.276 e. The van der Waals surface area contributed by atoms with Crippen LogP contribution in [0, 0.1) is 6.92 Å². The van der Waals surface area contributed by atoms with Crippen LogP contribution in [0.2, 0.25) is 0 Å². The Morgan fingerprint density at radius 1 is 1.40 bits per heavy atom. The monoisotopic (exact) mass is 422 g/mol. The first-order valence-corrected chi connectivity index (χ1v) is 9.73. The van der Waals surface area contributed by atoms with Crippen molar-refractivity contribution in [2.24, 2.45) is 0 Å². The van der Waals surface area contributed by atoms with E-state index in [-0.39, 0.29) is 12.5 Å². The van der Waals surface area contributed by atoms with Crippen molar-refractivity contribution in [3.63, 3.8) is 0 Å². The highest BCUT2D eigenvalue weighted by Crippen LogP contribution is 2.32. The summed E-state index contributed by atoms with van der Waals surface area (Å²) in [6, 6.07) is 8.04. The van der Waals surface area contributed by atoms with Gasteiger partial charge in [-0.25, -0.2) is 0 Å². The second kappa shape index (κ2) is 9.06. The third-order valence-corrected chi connectivity index (χ3v) is 5.54. The van der Waals surface area contributed by atoms with Gasteiger partial charge in [0.05, 0.1) is 0 Å². The minimum Gasteiger partial charge on any atom is -0.483 e. The summed E-state index contributed by atoms with van der Waals surface area (Å²) in [5, 5.41) is 2.02. The molecule has 0 aliphatic rings. The van der Waals surface area contributed by atoms with E-state index in [9.17, 15) is 4.79 Å². The quantitative estimate of drug-likeness (QED) is 0.616. The number of aryl methyl sites for hydroxylation is 1. The van der Waals surface area contributed by atoms with Gasteiger partial charge in [0.2, 0.25) is 0 Å². The molecule has 0 atom stereocenters. The van der Waals surface area contributed by atoms with Crippen molar-refractivity contribution in [3.05, 3.63) is 56.3 Å². The number of hydrogen-bond acceptors (Lipinski definition) is 4. The van der Waals surface area contributed by atoms with E-state index in [1.165, 1.54) is 0 Å². The molecule has 1 aromatic carbocycles. The van der Waals surface area contributed by atoms with Crippen LogP contribution in [0.5, 0.6) is 5.75 Å². The molecule has 2 rings (SSSR count). The summed E-state index contributed by atoms with van der Waals surface area (Å²) < 4.78 is 6.78. The van der Waals surface area contributed by atoms with E-state index in [1.807, 2.05) is 37.4 Å². The maximum atomic E-state index is 12.0. The van der Waals surface area contributed by atoms with E-state index in [0.29, 0.717) is 5.92 Å². The predicted molar refractivity (Wildman–Crippen MR) is 108 cm³/mol. The molecule has 0 aliphatic carbocycles. The first-order valence-electron chi connectivity index (χ1n) is 8.06. The van der Waals surface area contributed by atoms with Gasteiger partial charge in [-0.3, -0.25) is 10.2 Å². The third kappa shape index (κ3) is 5.61. The van der Waals surface area contributed by atoms with E-state index >= 15 is 0 Å². The smallest absolute Gasteiger partial charge is 0.276 e. The second-order valence-corrected chi connectivity index (χ2v) is 7.88. The number of hydrogen-bond donors (Lipinski definition) is 2. The zero-order valence-electron chi connectivity index (χ0n) is 14.9. The van der Waals surface area contributed by atoms with Crippen LogP contribution in [0.25, 0.3) is 5.57 Å². The highest BCUT2D eigenvalue weighted by atomic mass is 79.9. The summed E-state index contributed by atoms with van der Waals surface area (Å²) in [5.74, 6) is 0.825. The van der Waals surface area contributed by atoms with Crippen LogP contribution in [-0.2, 0) is 4.79 Å². The van der Waals surface area contributed by atoms with Gasteiger partial charge in [-0.05, 0) is 60.0 Å². The Bertz CT molecular complexity index is 755. The fraction of sp³-hybridized carbons (Fsp3) is 0.316. The van der Waals surface area contributed by atoms with Gasteiger partial charge in [0.1, 0.15) is 5.75 Å². The van der Waals surface area contributed by atoms with Crippen molar-refractivity contribution < 1.29 is 9.53 Å². The maximum absolute atomic E-state index is 12.0. The molecule has 0 saturated carbocycles. The number of halogens is 1. The molecule has 2 N–H and O–H groups in total. The Labute approximate surface area is 161 Å². The van der Waals surface area contributed by atoms with Gasteiger partial charge >= 0.3 is 0 Å². The van der Waals surface area contributed by atoms with Gasteiger partial charge in [-0.1, -0.05) is 35.8 Å². The van der Waals surface area contributed by atoms with E-state index in [2.05, 4.69) is 46.7 Å². The molecule has 4 nitrogen and oxygen atoms in total. The standard InChI is InChI=1S/C19H23BrN2O2S/c1-12(2)15-9-16(20)13(3)8-17(15)24-11-19(23)22-21-10-14(4)18-6-5-7-25-18/h5-10,12,21H,11H2,1-4H3,(H,22,23)/b14-10-. The number of carbonyl (C=O) groups excluding carboxylic acids is 1. The van der Waals surface area contributed by atoms with Gasteiger partial charge in [-0.2, -0.15) is 0 Å². The van der Waals surface area contributed by atoms with Crippen molar-refractivity contribution in [3.8, 4) is 5.75 Å². The molecule has 0 saturated heterocycles. The summed E-state index contributed by atoms with van der Waals surface area (Å²) in [4.78, 5) is 13.1. The summed E-state index contributed by atoms with van der Waals surface area (Å²) in [5.41, 5.74) is 8.66. The molecule has 25 heavy (non-hydrogen) atoms. The summed E-state index contributed by atoms with van der Waals surface area (Å²) in [6.45, 7) is 8.15. The molecule has 0 unspecified atom stereocenters. The summed E-state index contributed by atoms with van der Waals surface area (Å²) in [6.07, 6.45) is 1.77. The average molecular weight is 423 g/mol. The fourth-order valence-corrected chi connectivity index (χ4v) is 3.29. The average Bonchev–Trinajstić information content (AvgIpc) is 3.09. The van der Waals surface area contributed by atoms with Gasteiger partial charge in [0, 0.05) is 15.5 Å². The lowest BCUT2D eigenvalue weighted by Crippen LogP contribution is -2.37. The van der Waals surface area contributed by atoms with E-state index < -0.39 is 0 Å². The molecule has 1 aromatic heterocycles. The highest BCUT2D eigenvalue weighted by molar-refractivity contribution is 9.10. The lowest BCUT2D eigenvalue weighted by molar-refractivity contribution is -0.123. The first-order chi connectivity index (χ1) is 11.9. The third-order valence-electron chi connectivity index (χ3n) is 3.68. The second-order valence-electron chi connectivity index (χ2n) is 6.08. The van der Waals surface area contributed by atoms with Crippen LogP contribution in [0.15, 0.2) is 40.3 Å². The van der Waals surface area contributed by atoms with Crippen molar-refractivity contribution in [1.82, 2.24) is 10.9 Å². The van der Waals surface area contributed by atoms with E-state index in [4.69, 9.17) is 4.74 Å². The number of allylic oxidation sites excluding steroid dienone is 1. The minimum absolute atomic E-state index is 0.0420. The summed E-state index contributed by atoms with van der Waals surface area (Å²) >= 11 is 5.20. The Morgan fingerprint density at radius 3 is 2.80 bits per heavy atom. The molecule has 2 aromatic rings. The lowest BCUT2D eigenvalue weighted by atomic mass is 10.0. The molecular formula is C19H23BrN2O2S. The van der Waals surface area contributed by atoms with Crippen LogP contribution >= 0.6 is 27.3 Å². The van der Waals surface area contributed by atoms with Crippen molar-refractivity contribution >= 4 is 38.7 Å². The number of nitrogens with one attached hydrogen (secondary N) is 2. The molecule has 134 valence electrons. The number of amides is 1. The molecule has 0 spiro atoms. The van der Waals surface area contributed by atoms with E-state index in [0.717, 1.165) is 31.8 Å². The van der Waals surface area contributed by atoms with Crippen LogP contribution in [-0.4, -0.2) is 12.5 Å². The first kappa shape index (κ1) is 19.5.